The molecule has 2 rings (SSSR count). The van der Waals surface area contributed by atoms with Crippen molar-refractivity contribution in [1.29, 1.82) is 0 Å². The maximum absolute atomic E-state index is 6.47. The second-order valence-electron chi connectivity index (χ2n) is 6.36. The first-order valence-electron chi connectivity index (χ1n) is 7.97. The number of nitrogens with two attached hydrogens (primary N) is 1. The molecule has 0 bridgehead atoms. The van der Waals surface area contributed by atoms with Crippen molar-refractivity contribution >= 4 is 17.3 Å². The van der Waals surface area contributed by atoms with Crippen LogP contribution >= 0.6 is 11.6 Å². The molecule has 118 valence electrons. The first-order valence-corrected chi connectivity index (χ1v) is 8.35. The van der Waals surface area contributed by atoms with E-state index in [1.807, 2.05) is 6.07 Å². The fourth-order valence-corrected chi connectivity index (χ4v) is 3.44. The minimum absolute atomic E-state index is 0.179. The summed E-state index contributed by atoms with van der Waals surface area (Å²) in [7, 11) is 4.28. The van der Waals surface area contributed by atoms with E-state index in [9.17, 15) is 0 Å². The van der Waals surface area contributed by atoms with Crippen molar-refractivity contribution < 1.29 is 0 Å². The van der Waals surface area contributed by atoms with Gasteiger partial charge < -0.3 is 15.5 Å². The highest BCUT2D eigenvalue weighted by Gasteiger charge is 2.27. The topological polar surface area (TPSA) is 32.5 Å². The molecule has 2 atom stereocenters. The van der Waals surface area contributed by atoms with Gasteiger partial charge >= 0.3 is 0 Å². The van der Waals surface area contributed by atoms with E-state index in [1.54, 1.807) is 0 Å². The molecule has 0 aliphatic carbocycles. The molecule has 1 saturated heterocycles. The van der Waals surface area contributed by atoms with E-state index in [2.05, 4.69) is 43.0 Å². The van der Waals surface area contributed by atoms with Gasteiger partial charge in [0.15, 0.2) is 0 Å². The molecule has 3 nitrogen and oxygen atoms in total. The molecule has 21 heavy (non-hydrogen) atoms. The molecule has 1 fully saturated rings. The first kappa shape index (κ1) is 16.6. The molecule has 0 aromatic heterocycles. The zero-order chi connectivity index (χ0) is 15.4. The molecule has 0 saturated carbocycles. The summed E-state index contributed by atoms with van der Waals surface area (Å²) < 4.78 is 0. The first-order chi connectivity index (χ1) is 10.0. The van der Waals surface area contributed by atoms with Gasteiger partial charge in [-0.1, -0.05) is 24.6 Å². The summed E-state index contributed by atoms with van der Waals surface area (Å²) in [5, 5.41) is 0.854. The maximum Gasteiger partial charge on any atom is 0.0459 e. The van der Waals surface area contributed by atoms with Gasteiger partial charge in [0, 0.05) is 35.9 Å². The fraction of sp³-hybridized carbons (Fsp3) is 0.647. The van der Waals surface area contributed by atoms with Crippen LogP contribution in [0.1, 0.15) is 31.7 Å². The van der Waals surface area contributed by atoms with E-state index in [1.165, 1.54) is 24.1 Å². The van der Waals surface area contributed by atoms with Crippen molar-refractivity contribution in [3.8, 4) is 0 Å². The normalized spacial score (nSPS) is 20.3. The van der Waals surface area contributed by atoms with Crippen molar-refractivity contribution in [3.05, 3.63) is 28.8 Å². The molecule has 1 aliphatic rings. The number of hydrogen-bond donors (Lipinski definition) is 1. The van der Waals surface area contributed by atoms with Crippen molar-refractivity contribution in [1.82, 2.24) is 4.90 Å². The highest BCUT2D eigenvalue weighted by Crippen LogP contribution is 2.33. The van der Waals surface area contributed by atoms with Crippen LogP contribution in [0.25, 0.3) is 0 Å². The summed E-state index contributed by atoms with van der Waals surface area (Å²) in [6.07, 6.45) is 4.34. The van der Waals surface area contributed by atoms with E-state index < -0.39 is 0 Å². The third-order valence-electron chi connectivity index (χ3n) is 4.35. The Bertz CT molecular complexity index is 461. The molecule has 1 aliphatic heterocycles. The largest absolute Gasteiger partial charge is 0.367 e. The van der Waals surface area contributed by atoms with Crippen molar-refractivity contribution in [2.24, 2.45) is 5.73 Å². The maximum atomic E-state index is 6.47. The van der Waals surface area contributed by atoms with E-state index in [0.717, 1.165) is 31.0 Å². The molecule has 4 heteroatoms. The molecule has 0 amide bonds. The molecule has 2 N–H and O–H groups in total. The van der Waals surface area contributed by atoms with Crippen molar-refractivity contribution in [3.63, 3.8) is 0 Å². The lowest BCUT2D eigenvalue weighted by atomic mass is 10.0. The molecular formula is C17H28ClN3. The van der Waals surface area contributed by atoms with Crippen LogP contribution in [0.2, 0.25) is 5.02 Å². The monoisotopic (exact) mass is 309 g/mol. The van der Waals surface area contributed by atoms with Gasteiger partial charge in [0.05, 0.1) is 0 Å². The van der Waals surface area contributed by atoms with Gasteiger partial charge in [-0.05, 0) is 57.5 Å². The van der Waals surface area contributed by atoms with Crippen molar-refractivity contribution in [2.75, 3.05) is 32.1 Å². The second kappa shape index (κ2) is 7.48. The third kappa shape index (κ3) is 4.12. The number of benzene rings is 1. The standard InChI is InChI=1S/C17H28ClN3/c1-4-13(19)11-15-16(18)8-5-9-17(15)21-10-6-7-14(21)12-20(2)3/h5,8-9,13-14H,4,6-7,10-12,19H2,1-3H3. The average Bonchev–Trinajstić information content (AvgIpc) is 2.88. The molecule has 1 aromatic rings. The van der Waals surface area contributed by atoms with E-state index in [0.29, 0.717) is 6.04 Å². The van der Waals surface area contributed by atoms with E-state index >= 15 is 0 Å². The number of likely N-dealkylation sites (N-methyl/N-ethyl adjacent to an activating group) is 1. The lowest BCUT2D eigenvalue weighted by molar-refractivity contribution is 0.372. The molecule has 1 heterocycles. The molecule has 1 aromatic carbocycles. The zero-order valence-electron chi connectivity index (χ0n) is 13.5. The summed E-state index contributed by atoms with van der Waals surface area (Å²) in [6, 6.07) is 7.01. The Kier molecular flexibility index (Phi) is 5.91. The van der Waals surface area contributed by atoms with Crippen LogP contribution in [0.15, 0.2) is 18.2 Å². The van der Waals surface area contributed by atoms with Crippen LogP contribution in [0.5, 0.6) is 0 Å². The molecule has 0 radical (unpaired) electrons. The number of rotatable bonds is 6. The van der Waals surface area contributed by atoms with Gasteiger partial charge in [-0.2, -0.15) is 0 Å². The van der Waals surface area contributed by atoms with Crippen molar-refractivity contribution in [2.45, 2.75) is 44.7 Å². The lowest BCUT2D eigenvalue weighted by Gasteiger charge is -2.31. The summed E-state index contributed by atoms with van der Waals surface area (Å²) in [5.74, 6) is 0. The van der Waals surface area contributed by atoms with Gasteiger partial charge in [-0.3, -0.25) is 0 Å². The summed E-state index contributed by atoms with van der Waals surface area (Å²) in [5.41, 5.74) is 8.68. The predicted molar refractivity (Wildman–Crippen MR) is 92.3 cm³/mol. The lowest BCUT2D eigenvalue weighted by Crippen LogP contribution is -2.38. The molecule has 2 unspecified atom stereocenters. The van der Waals surface area contributed by atoms with Gasteiger partial charge in [-0.25, -0.2) is 0 Å². The zero-order valence-corrected chi connectivity index (χ0v) is 14.2. The summed E-state index contributed by atoms with van der Waals surface area (Å²) in [6.45, 7) is 4.34. The van der Waals surface area contributed by atoms with E-state index in [-0.39, 0.29) is 6.04 Å². The van der Waals surface area contributed by atoms with Crippen LogP contribution in [0.3, 0.4) is 0 Å². The number of halogens is 1. The predicted octanol–water partition coefficient (Wildman–Crippen LogP) is 3.15. The Balaban J connectivity index is 2.27. The summed E-state index contributed by atoms with van der Waals surface area (Å²) in [4.78, 5) is 4.80. The Morgan fingerprint density at radius 2 is 2.19 bits per heavy atom. The van der Waals surface area contributed by atoms with Gasteiger partial charge in [-0.15, -0.1) is 0 Å². The van der Waals surface area contributed by atoms with E-state index in [4.69, 9.17) is 17.3 Å². The quantitative estimate of drug-likeness (QED) is 0.876. The minimum Gasteiger partial charge on any atom is -0.367 e. The number of hydrogen-bond acceptors (Lipinski definition) is 3. The highest BCUT2D eigenvalue weighted by atomic mass is 35.5. The van der Waals surface area contributed by atoms with Gasteiger partial charge in [0.25, 0.3) is 0 Å². The van der Waals surface area contributed by atoms with Crippen LogP contribution in [-0.2, 0) is 6.42 Å². The van der Waals surface area contributed by atoms with Crippen LogP contribution in [-0.4, -0.2) is 44.2 Å². The highest BCUT2D eigenvalue weighted by molar-refractivity contribution is 6.31. The smallest absolute Gasteiger partial charge is 0.0459 e. The van der Waals surface area contributed by atoms with Crippen LogP contribution in [0.4, 0.5) is 5.69 Å². The third-order valence-corrected chi connectivity index (χ3v) is 4.70. The Morgan fingerprint density at radius 3 is 2.86 bits per heavy atom. The number of anilines is 1. The van der Waals surface area contributed by atoms with Crippen LogP contribution < -0.4 is 10.6 Å². The van der Waals surface area contributed by atoms with Gasteiger partial charge in [0.2, 0.25) is 0 Å². The number of nitrogens with zero attached hydrogens (tertiary/aromatic N) is 2. The Morgan fingerprint density at radius 1 is 1.43 bits per heavy atom. The second-order valence-corrected chi connectivity index (χ2v) is 6.77. The Labute approximate surface area is 134 Å². The Hall–Kier alpha value is -0.770. The van der Waals surface area contributed by atoms with Gasteiger partial charge in [0.1, 0.15) is 0 Å². The van der Waals surface area contributed by atoms with Crippen LogP contribution in [0, 0.1) is 0 Å². The SMILES string of the molecule is CCC(N)Cc1c(Cl)cccc1N1CCCC1CN(C)C. The summed E-state index contributed by atoms with van der Waals surface area (Å²) >= 11 is 6.47. The fourth-order valence-electron chi connectivity index (χ4n) is 3.19. The minimum atomic E-state index is 0.179. The molecular weight excluding hydrogens is 282 g/mol. The average molecular weight is 310 g/mol. The molecule has 0 spiro atoms.